The minimum absolute atomic E-state index is 0.196. The molecule has 0 spiro atoms. The summed E-state index contributed by atoms with van der Waals surface area (Å²) in [6, 6.07) is 0.196. The van der Waals surface area contributed by atoms with Gasteiger partial charge in [0.25, 0.3) is 5.78 Å². The number of aliphatic hydroxyl groups is 1. The second-order valence-corrected chi connectivity index (χ2v) is 8.62. The summed E-state index contributed by atoms with van der Waals surface area (Å²) in [4.78, 5) is 25.7. The van der Waals surface area contributed by atoms with Gasteiger partial charge in [0, 0.05) is 36.9 Å². The minimum Gasteiger partial charge on any atom is -0.391 e. The highest BCUT2D eigenvalue weighted by molar-refractivity contribution is 5.77. The van der Waals surface area contributed by atoms with E-state index in [0.717, 1.165) is 42.9 Å². The first-order valence-corrected chi connectivity index (χ1v) is 10.1. The minimum atomic E-state index is -0.294. The lowest BCUT2D eigenvalue weighted by Gasteiger charge is -2.38. The number of amides is 1. The fourth-order valence-electron chi connectivity index (χ4n) is 5.07. The van der Waals surface area contributed by atoms with E-state index in [1.165, 1.54) is 6.33 Å². The van der Waals surface area contributed by atoms with Crippen LogP contribution in [0.25, 0.3) is 5.78 Å². The molecular weight excluding hydrogens is 356 g/mol. The van der Waals surface area contributed by atoms with Crippen LogP contribution in [0.15, 0.2) is 6.33 Å². The van der Waals surface area contributed by atoms with Gasteiger partial charge in [-0.25, -0.2) is 9.50 Å². The van der Waals surface area contributed by atoms with Crippen LogP contribution < -0.4 is 0 Å². The number of hydrogen-bond donors (Lipinski definition) is 1. The quantitative estimate of drug-likeness (QED) is 0.838. The summed E-state index contributed by atoms with van der Waals surface area (Å²) in [6.45, 7) is 5.57. The van der Waals surface area contributed by atoms with Crippen molar-refractivity contribution in [3.05, 3.63) is 23.3 Å². The predicted molar refractivity (Wildman–Crippen MR) is 105 cm³/mol. The second kappa shape index (κ2) is 7.40. The van der Waals surface area contributed by atoms with Crippen LogP contribution in [0.1, 0.15) is 36.2 Å². The van der Waals surface area contributed by atoms with Gasteiger partial charge in [0.15, 0.2) is 0 Å². The highest BCUT2D eigenvalue weighted by atomic mass is 16.3. The van der Waals surface area contributed by atoms with Crippen LogP contribution in [0.3, 0.4) is 0 Å². The van der Waals surface area contributed by atoms with Crippen molar-refractivity contribution in [1.29, 1.82) is 0 Å². The van der Waals surface area contributed by atoms with Gasteiger partial charge < -0.3 is 14.9 Å². The fraction of sp³-hybridized carbons (Fsp3) is 0.700. The highest BCUT2D eigenvalue weighted by Gasteiger charge is 2.43. The molecule has 2 aromatic heterocycles. The van der Waals surface area contributed by atoms with Gasteiger partial charge in [-0.2, -0.15) is 10.1 Å². The maximum Gasteiger partial charge on any atom is 0.252 e. The van der Waals surface area contributed by atoms with Crippen molar-refractivity contribution < 1.29 is 9.90 Å². The molecule has 0 bridgehead atoms. The summed E-state index contributed by atoms with van der Waals surface area (Å²) >= 11 is 0. The number of aromatic nitrogens is 4. The normalized spacial score (nSPS) is 27.6. The van der Waals surface area contributed by atoms with Gasteiger partial charge in [-0.15, -0.1) is 0 Å². The van der Waals surface area contributed by atoms with Crippen molar-refractivity contribution in [2.45, 2.75) is 51.7 Å². The summed E-state index contributed by atoms with van der Waals surface area (Å²) < 4.78 is 1.74. The fourth-order valence-corrected chi connectivity index (χ4v) is 5.07. The molecule has 8 heteroatoms. The Labute approximate surface area is 165 Å². The van der Waals surface area contributed by atoms with Crippen molar-refractivity contribution >= 4 is 11.7 Å². The number of likely N-dealkylation sites (tertiary alicyclic amines) is 1. The largest absolute Gasteiger partial charge is 0.391 e. The van der Waals surface area contributed by atoms with E-state index in [2.05, 4.69) is 20.0 Å². The number of carbonyl (C=O) groups excluding carboxylic acids is 1. The molecule has 152 valence electrons. The van der Waals surface area contributed by atoms with Gasteiger partial charge in [0.1, 0.15) is 6.33 Å². The summed E-state index contributed by atoms with van der Waals surface area (Å²) in [5.74, 6) is 1.72. The third kappa shape index (κ3) is 3.39. The van der Waals surface area contributed by atoms with Crippen LogP contribution in [0.2, 0.25) is 0 Å². The SMILES string of the molecule is Cc1nc2ncnn2c(C)c1CCC(=O)N1C[C@H]2C[C@@H](N(C)C)[C@H](O)C[C@H]2C1. The zero-order chi connectivity index (χ0) is 20.0. The van der Waals surface area contributed by atoms with Crippen LogP contribution >= 0.6 is 0 Å². The van der Waals surface area contributed by atoms with Crippen LogP contribution in [-0.4, -0.2) is 79.7 Å². The molecule has 1 saturated carbocycles. The molecule has 0 unspecified atom stereocenters. The van der Waals surface area contributed by atoms with Gasteiger partial charge in [0.2, 0.25) is 5.91 Å². The number of aliphatic hydroxyl groups excluding tert-OH is 1. The van der Waals surface area contributed by atoms with Gasteiger partial charge >= 0.3 is 0 Å². The number of rotatable bonds is 4. The monoisotopic (exact) mass is 386 g/mol. The van der Waals surface area contributed by atoms with E-state index >= 15 is 0 Å². The topological polar surface area (TPSA) is 86.9 Å². The molecule has 28 heavy (non-hydrogen) atoms. The molecule has 1 amide bonds. The maximum atomic E-state index is 12.9. The Morgan fingerprint density at radius 1 is 1.25 bits per heavy atom. The van der Waals surface area contributed by atoms with Crippen molar-refractivity contribution in [2.24, 2.45) is 11.8 Å². The van der Waals surface area contributed by atoms with E-state index in [4.69, 9.17) is 0 Å². The smallest absolute Gasteiger partial charge is 0.252 e. The molecule has 2 fully saturated rings. The number of hydrogen-bond acceptors (Lipinski definition) is 6. The Kier molecular flexibility index (Phi) is 5.09. The molecule has 4 rings (SSSR count). The number of nitrogens with zero attached hydrogens (tertiary/aromatic N) is 6. The van der Waals surface area contributed by atoms with Crippen LogP contribution in [-0.2, 0) is 11.2 Å². The zero-order valence-electron chi connectivity index (χ0n) is 17.2. The lowest BCUT2D eigenvalue weighted by atomic mass is 9.77. The van der Waals surface area contributed by atoms with Crippen LogP contribution in [0, 0.1) is 25.7 Å². The van der Waals surface area contributed by atoms with Crippen molar-refractivity contribution in [1.82, 2.24) is 29.4 Å². The van der Waals surface area contributed by atoms with Crippen molar-refractivity contribution in [2.75, 3.05) is 27.2 Å². The average molecular weight is 387 g/mol. The van der Waals surface area contributed by atoms with Crippen molar-refractivity contribution in [3.63, 3.8) is 0 Å². The van der Waals surface area contributed by atoms with Gasteiger partial charge in [-0.05, 0) is 64.6 Å². The molecule has 8 nitrogen and oxygen atoms in total. The van der Waals surface area contributed by atoms with E-state index in [-0.39, 0.29) is 18.1 Å². The lowest BCUT2D eigenvalue weighted by Crippen LogP contribution is -2.46. The molecule has 4 atom stereocenters. The second-order valence-electron chi connectivity index (χ2n) is 8.62. The Hall–Kier alpha value is -2.06. The van der Waals surface area contributed by atoms with E-state index < -0.39 is 0 Å². The van der Waals surface area contributed by atoms with E-state index in [1.807, 2.05) is 32.8 Å². The lowest BCUT2D eigenvalue weighted by molar-refractivity contribution is -0.130. The molecule has 0 radical (unpaired) electrons. The van der Waals surface area contributed by atoms with E-state index in [1.54, 1.807) is 4.52 Å². The summed E-state index contributed by atoms with van der Waals surface area (Å²) in [5.41, 5.74) is 2.99. The van der Waals surface area contributed by atoms with Gasteiger partial charge in [-0.3, -0.25) is 4.79 Å². The molecule has 2 aliphatic rings. The van der Waals surface area contributed by atoms with Crippen LogP contribution in [0.5, 0.6) is 0 Å². The first-order valence-electron chi connectivity index (χ1n) is 10.1. The highest BCUT2D eigenvalue weighted by Crippen LogP contribution is 2.38. The molecule has 1 saturated heterocycles. The average Bonchev–Trinajstić information content (AvgIpc) is 3.26. The summed E-state index contributed by atoms with van der Waals surface area (Å²) in [7, 11) is 4.05. The molecule has 1 N–H and O–H groups in total. The third-order valence-electron chi connectivity index (χ3n) is 6.70. The van der Waals surface area contributed by atoms with Gasteiger partial charge in [-0.1, -0.05) is 0 Å². The molecule has 2 aromatic rings. The molecule has 1 aliphatic heterocycles. The Morgan fingerprint density at radius 3 is 2.68 bits per heavy atom. The number of likely N-dealkylation sites (N-methyl/N-ethyl adjacent to an activating group) is 1. The molecule has 1 aliphatic carbocycles. The van der Waals surface area contributed by atoms with E-state index in [9.17, 15) is 9.90 Å². The standard InChI is InChI=1S/C20H30N6O2/c1-12-16(13(2)26-20(23-12)21-11-22-26)5-6-19(28)25-9-14-7-17(24(3)4)18(27)8-15(14)10-25/h11,14-15,17-18,27H,5-10H2,1-4H3/t14-,15+,17-,18-/m1/s1. The Bertz CT molecular complexity index is 879. The predicted octanol–water partition coefficient (Wildman–Crippen LogP) is 0.833. The van der Waals surface area contributed by atoms with Crippen molar-refractivity contribution in [3.8, 4) is 0 Å². The Morgan fingerprint density at radius 2 is 1.96 bits per heavy atom. The molecular formula is C20H30N6O2. The van der Waals surface area contributed by atoms with Crippen LogP contribution in [0.4, 0.5) is 0 Å². The number of fused-ring (bicyclic) bond motifs is 2. The first kappa shape index (κ1) is 19.3. The molecule has 0 aromatic carbocycles. The van der Waals surface area contributed by atoms with Gasteiger partial charge in [0.05, 0.1) is 6.10 Å². The summed E-state index contributed by atoms with van der Waals surface area (Å²) in [6.07, 6.45) is 4.11. The summed E-state index contributed by atoms with van der Waals surface area (Å²) in [5, 5.41) is 14.6. The zero-order valence-corrected chi connectivity index (χ0v) is 17.2. The number of carbonyl (C=O) groups is 1. The first-order chi connectivity index (χ1) is 13.3. The Balaban J connectivity index is 1.40. The third-order valence-corrected chi connectivity index (χ3v) is 6.70. The van der Waals surface area contributed by atoms with E-state index in [0.29, 0.717) is 30.5 Å². The maximum absolute atomic E-state index is 12.9. The number of aryl methyl sites for hydroxylation is 2. The molecule has 3 heterocycles.